The minimum atomic E-state index is -0.211. The Kier molecular flexibility index (Phi) is 6.84. The standard InChI is InChI=1S/C16H24ClN3O2/c1-11-8-12(2)16(14(17)9-11)20(13(3)21)10-15(22)18-6-7-19(4)5/h8-9H,6-7,10H2,1-5H3,(H,18,22). The third-order valence-electron chi connectivity index (χ3n) is 3.23. The Labute approximate surface area is 137 Å². The van der Waals surface area contributed by atoms with E-state index in [2.05, 4.69) is 5.32 Å². The van der Waals surface area contributed by atoms with Crippen LogP contribution in [0.5, 0.6) is 0 Å². The summed E-state index contributed by atoms with van der Waals surface area (Å²) in [5, 5.41) is 3.28. The minimum absolute atomic E-state index is 0.0353. The molecule has 1 aromatic carbocycles. The zero-order valence-corrected chi connectivity index (χ0v) is 14.6. The van der Waals surface area contributed by atoms with Crippen LogP contribution < -0.4 is 10.2 Å². The highest BCUT2D eigenvalue weighted by atomic mass is 35.5. The molecule has 2 amide bonds. The lowest BCUT2D eigenvalue weighted by atomic mass is 10.1. The number of likely N-dealkylation sites (N-methyl/N-ethyl adjacent to an activating group) is 1. The van der Waals surface area contributed by atoms with Crippen LogP contribution in [0.25, 0.3) is 0 Å². The van der Waals surface area contributed by atoms with Gasteiger partial charge in [0.25, 0.3) is 0 Å². The molecule has 0 atom stereocenters. The Morgan fingerprint density at radius 2 is 1.86 bits per heavy atom. The summed E-state index contributed by atoms with van der Waals surface area (Å²) in [5.74, 6) is -0.412. The van der Waals surface area contributed by atoms with Crippen LogP contribution in [0.2, 0.25) is 5.02 Å². The highest BCUT2D eigenvalue weighted by Crippen LogP contribution is 2.31. The molecule has 0 spiro atoms. The van der Waals surface area contributed by atoms with Crippen molar-refractivity contribution in [3.63, 3.8) is 0 Å². The van der Waals surface area contributed by atoms with E-state index in [1.54, 1.807) is 6.07 Å². The molecule has 0 saturated heterocycles. The number of aryl methyl sites for hydroxylation is 2. The van der Waals surface area contributed by atoms with Crippen molar-refractivity contribution in [2.45, 2.75) is 20.8 Å². The molecule has 1 aromatic rings. The molecular weight excluding hydrogens is 302 g/mol. The average molecular weight is 326 g/mol. The van der Waals surface area contributed by atoms with Crippen molar-refractivity contribution in [1.29, 1.82) is 0 Å². The summed E-state index contributed by atoms with van der Waals surface area (Å²) in [6, 6.07) is 3.74. The van der Waals surface area contributed by atoms with E-state index in [0.717, 1.165) is 17.7 Å². The Morgan fingerprint density at radius 1 is 1.23 bits per heavy atom. The number of anilines is 1. The van der Waals surface area contributed by atoms with Gasteiger partial charge in [-0.15, -0.1) is 0 Å². The molecule has 0 bridgehead atoms. The number of nitrogens with one attached hydrogen (secondary N) is 1. The van der Waals surface area contributed by atoms with Gasteiger partial charge in [-0.05, 0) is 45.1 Å². The van der Waals surface area contributed by atoms with Crippen molar-refractivity contribution in [2.75, 3.05) is 38.6 Å². The van der Waals surface area contributed by atoms with E-state index in [1.165, 1.54) is 11.8 Å². The number of benzene rings is 1. The van der Waals surface area contributed by atoms with Crippen molar-refractivity contribution in [1.82, 2.24) is 10.2 Å². The second kappa shape index (κ2) is 8.15. The molecule has 1 N–H and O–H groups in total. The first kappa shape index (κ1) is 18.5. The molecule has 0 aliphatic carbocycles. The van der Waals surface area contributed by atoms with Crippen LogP contribution in [0.15, 0.2) is 12.1 Å². The number of hydrogen-bond donors (Lipinski definition) is 1. The molecule has 0 aliphatic rings. The van der Waals surface area contributed by atoms with E-state index in [1.807, 2.05) is 38.9 Å². The average Bonchev–Trinajstić information content (AvgIpc) is 2.35. The largest absolute Gasteiger partial charge is 0.353 e. The minimum Gasteiger partial charge on any atom is -0.353 e. The van der Waals surface area contributed by atoms with Gasteiger partial charge in [-0.25, -0.2) is 0 Å². The van der Waals surface area contributed by atoms with Crippen LogP contribution in [0.4, 0.5) is 5.69 Å². The monoisotopic (exact) mass is 325 g/mol. The lowest BCUT2D eigenvalue weighted by Crippen LogP contribution is -2.42. The van der Waals surface area contributed by atoms with Crippen LogP contribution >= 0.6 is 11.6 Å². The SMILES string of the molecule is CC(=O)N(CC(=O)NCCN(C)C)c1c(C)cc(C)cc1Cl. The summed E-state index contributed by atoms with van der Waals surface area (Å²) in [6.07, 6.45) is 0. The molecule has 0 fully saturated rings. The fourth-order valence-electron chi connectivity index (χ4n) is 2.22. The van der Waals surface area contributed by atoms with Gasteiger partial charge in [0.2, 0.25) is 11.8 Å². The first-order valence-corrected chi connectivity index (χ1v) is 7.56. The zero-order chi connectivity index (χ0) is 16.9. The number of amides is 2. The van der Waals surface area contributed by atoms with Crippen molar-refractivity contribution in [3.8, 4) is 0 Å². The highest BCUT2D eigenvalue weighted by Gasteiger charge is 2.20. The normalized spacial score (nSPS) is 10.7. The van der Waals surface area contributed by atoms with E-state index in [9.17, 15) is 9.59 Å². The first-order valence-electron chi connectivity index (χ1n) is 7.18. The number of carbonyl (C=O) groups excluding carboxylic acids is 2. The maximum Gasteiger partial charge on any atom is 0.240 e. The molecule has 0 heterocycles. The van der Waals surface area contributed by atoms with Gasteiger partial charge >= 0.3 is 0 Å². The maximum atomic E-state index is 12.0. The number of nitrogens with zero attached hydrogens (tertiary/aromatic N) is 2. The van der Waals surface area contributed by atoms with Crippen molar-refractivity contribution < 1.29 is 9.59 Å². The van der Waals surface area contributed by atoms with Crippen LogP contribution in [0, 0.1) is 13.8 Å². The predicted octanol–water partition coefficient (Wildman–Crippen LogP) is 1.99. The van der Waals surface area contributed by atoms with Gasteiger partial charge < -0.3 is 15.1 Å². The molecule has 0 unspecified atom stereocenters. The molecule has 5 nitrogen and oxygen atoms in total. The first-order chi connectivity index (χ1) is 10.2. The Morgan fingerprint density at radius 3 is 2.36 bits per heavy atom. The van der Waals surface area contributed by atoms with Gasteiger partial charge in [0.15, 0.2) is 0 Å². The van der Waals surface area contributed by atoms with Gasteiger partial charge in [0.1, 0.15) is 6.54 Å². The molecule has 0 aromatic heterocycles. The molecular formula is C16H24ClN3O2. The van der Waals surface area contributed by atoms with Crippen molar-refractivity contribution >= 4 is 29.1 Å². The van der Waals surface area contributed by atoms with E-state index >= 15 is 0 Å². The molecule has 0 saturated carbocycles. The summed E-state index contributed by atoms with van der Waals surface area (Å²) in [6.45, 7) is 6.51. The molecule has 22 heavy (non-hydrogen) atoms. The van der Waals surface area contributed by atoms with Crippen LogP contribution in [0.1, 0.15) is 18.1 Å². The summed E-state index contributed by atoms with van der Waals surface area (Å²) >= 11 is 6.27. The zero-order valence-electron chi connectivity index (χ0n) is 13.9. The van der Waals surface area contributed by atoms with Gasteiger partial charge in [-0.1, -0.05) is 17.7 Å². The second-order valence-corrected chi connectivity index (χ2v) is 6.08. The molecule has 122 valence electrons. The second-order valence-electron chi connectivity index (χ2n) is 5.67. The lowest BCUT2D eigenvalue weighted by molar-refractivity contribution is -0.123. The fraction of sp³-hybridized carbons (Fsp3) is 0.500. The molecule has 0 radical (unpaired) electrons. The van der Waals surface area contributed by atoms with E-state index < -0.39 is 0 Å². The number of carbonyl (C=O) groups is 2. The summed E-state index contributed by atoms with van der Waals surface area (Å²) < 4.78 is 0. The quantitative estimate of drug-likeness (QED) is 0.870. The van der Waals surface area contributed by atoms with Crippen LogP contribution in [-0.2, 0) is 9.59 Å². The van der Waals surface area contributed by atoms with Gasteiger partial charge in [0.05, 0.1) is 10.7 Å². The maximum absolute atomic E-state index is 12.0. The Hall–Kier alpha value is -1.59. The Bertz CT molecular complexity index is 535. The van der Waals surface area contributed by atoms with E-state index in [-0.39, 0.29) is 18.4 Å². The topological polar surface area (TPSA) is 52.7 Å². The third-order valence-corrected chi connectivity index (χ3v) is 3.52. The summed E-state index contributed by atoms with van der Waals surface area (Å²) in [5.41, 5.74) is 2.49. The number of halogens is 1. The number of hydrogen-bond acceptors (Lipinski definition) is 3. The van der Waals surface area contributed by atoms with Crippen molar-refractivity contribution in [3.05, 3.63) is 28.3 Å². The highest BCUT2D eigenvalue weighted by molar-refractivity contribution is 6.34. The van der Waals surface area contributed by atoms with Crippen LogP contribution in [0.3, 0.4) is 0 Å². The van der Waals surface area contributed by atoms with Gasteiger partial charge in [0, 0.05) is 20.0 Å². The van der Waals surface area contributed by atoms with Gasteiger partial charge in [-0.2, -0.15) is 0 Å². The molecule has 0 aliphatic heterocycles. The third kappa shape index (κ3) is 5.31. The summed E-state index contributed by atoms with van der Waals surface area (Å²) in [4.78, 5) is 27.4. The molecule has 1 rings (SSSR count). The lowest BCUT2D eigenvalue weighted by Gasteiger charge is -2.24. The van der Waals surface area contributed by atoms with Gasteiger partial charge in [-0.3, -0.25) is 9.59 Å². The van der Waals surface area contributed by atoms with Crippen molar-refractivity contribution in [2.24, 2.45) is 0 Å². The van der Waals surface area contributed by atoms with E-state index in [0.29, 0.717) is 17.3 Å². The molecule has 6 heteroatoms. The van der Waals surface area contributed by atoms with E-state index in [4.69, 9.17) is 11.6 Å². The Balaban J connectivity index is 2.87. The summed E-state index contributed by atoms with van der Waals surface area (Å²) in [7, 11) is 3.87. The smallest absolute Gasteiger partial charge is 0.240 e. The fourth-order valence-corrected chi connectivity index (χ4v) is 2.64. The predicted molar refractivity (Wildman–Crippen MR) is 90.5 cm³/mol. The van der Waals surface area contributed by atoms with Crippen LogP contribution in [-0.4, -0.2) is 50.4 Å². The number of rotatable bonds is 6.